The lowest BCUT2D eigenvalue weighted by Crippen LogP contribution is -2.37. The van der Waals surface area contributed by atoms with Crippen LogP contribution in [0.15, 0.2) is 42.5 Å². The molecule has 0 aromatic heterocycles. The number of aryl methyl sites for hydroxylation is 2. The van der Waals surface area contributed by atoms with Crippen molar-refractivity contribution in [3.05, 3.63) is 59.2 Å². The summed E-state index contributed by atoms with van der Waals surface area (Å²) in [7, 11) is 1.54. The lowest BCUT2D eigenvalue weighted by molar-refractivity contribution is -0.135. The molecular weight excluding hydrogens is 330 g/mol. The quantitative estimate of drug-likeness (QED) is 0.867. The van der Waals surface area contributed by atoms with Crippen molar-refractivity contribution in [1.82, 2.24) is 4.90 Å². The summed E-state index contributed by atoms with van der Waals surface area (Å²) in [6, 6.07) is 14.3. The van der Waals surface area contributed by atoms with Gasteiger partial charge in [-0.2, -0.15) is 5.26 Å². The molecule has 2 rings (SSSR count). The summed E-state index contributed by atoms with van der Waals surface area (Å²) in [6.45, 7) is 3.55. The van der Waals surface area contributed by atoms with Gasteiger partial charge in [0.2, 0.25) is 5.91 Å². The molecule has 0 spiro atoms. The normalized spacial score (nSPS) is 9.92. The molecule has 2 amide bonds. The van der Waals surface area contributed by atoms with Crippen LogP contribution in [0.25, 0.3) is 0 Å². The van der Waals surface area contributed by atoms with Crippen LogP contribution >= 0.6 is 0 Å². The van der Waals surface area contributed by atoms with Gasteiger partial charge in [-0.05, 0) is 43.2 Å². The van der Waals surface area contributed by atoms with Crippen molar-refractivity contribution in [1.29, 1.82) is 5.26 Å². The summed E-state index contributed by atoms with van der Waals surface area (Å²) < 4.78 is 5.40. The first-order chi connectivity index (χ1) is 12.4. The number of hydrogen-bond donors (Lipinski definition) is 1. The molecule has 26 heavy (non-hydrogen) atoms. The van der Waals surface area contributed by atoms with Crippen LogP contribution < -0.4 is 10.1 Å². The van der Waals surface area contributed by atoms with Crippen molar-refractivity contribution in [3.63, 3.8) is 0 Å². The number of nitriles is 1. The molecule has 6 heteroatoms. The predicted octanol–water partition coefficient (Wildman–Crippen LogP) is 2.65. The van der Waals surface area contributed by atoms with E-state index in [1.54, 1.807) is 31.3 Å². The highest BCUT2D eigenvalue weighted by molar-refractivity contribution is 5.95. The summed E-state index contributed by atoms with van der Waals surface area (Å²) in [5.74, 6) is -0.167. The van der Waals surface area contributed by atoms with E-state index in [9.17, 15) is 9.59 Å². The predicted molar refractivity (Wildman–Crippen MR) is 98.8 cm³/mol. The van der Waals surface area contributed by atoms with Crippen LogP contribution in [0.1, 0.15) is 16.7 Å². The van der Waals surface area contributed by atoms with Gasteiger partial charge in [-0.1, -0.05) is 24.3 Å². The first kappa shape index (κ1) is 19.0. The number of hydrogen-bond acceptors (Lipinski definition) is 4. The molecule has 0 aliphatic heterocycles. The highest BCUT2D eigenvalue weighted by Crippen LogP contribution is 2.19. The number of para-hydroxylation sites is 1. The Labute approximate surface area is 153 Å². The maximum Gasteiger partial charge on any atom is 0.260 e. The molecule has 0 aliphatic rings. The highest BCUT2D eigenvalue weighted by Gasteiger charge is 2.15. The molecule has 0 fully saturated rings. The lowest BCUT2D eigenvalue weighted by Gasteiger charge is -2.18. The number of likely N-dealkylation sites (N-methyl/N-ethyl adjacent to an activating group) is 1. The molecule has 0 heterocycles. The summed E-state index contributed by atoms with van der Waals surface area (Å²) in [4.78, 5) is 25.7. The fourth-order valence-electron chi connectivity index (χ4n) is 2.40. The lowest BCUT2D eigenvalue weighted by atomic mass is 10.1. The summed E-state index contributed by atoms with van der Waals surface area (Å²) in [6.07, 6.45) is 0. The van der Waals surface area contributed by atoms with Crippen molar-refractivity contribution >= 4 is 17.5 Å². The van der Waals surface area contributed by atoms with Crippen LogP contribution in [0.2, 0.25) is 0 Å². The second-order valence-corrected chi connectivity index (χ2v) is 5.99. The Morgan fingerprint density at radius 1 is 1.15 bits per heavy atom. The Balaban J connectivity index is 1.88. The van der Waals surface area contributed by atoms with Gasteiger partial charge in [0.1, 0.15) is 5.75 Å². The molecule has 0 saturated carbocycles. The topological polar surface area (TPSA) is 82.4 Å². The number of amides is 2. The minimum atomic E-state index is -0.330. The van der Waals surface area contributed by atoms with E-state index in [1.807, 2.05) is 38.1 Å². The van der Waals surface area contributed by atoms with Crippen LogP contribution in [0.3, 0.4) is 0 Å². The fraction of sp³-hybridized carbons (Fsp3) is 0.250. The third-order valence-corrected chi connectivity index (χ3v) is 3.88. The largest absolute Gasteiger partial charge is 0.484 e. The number of carbonyl (C=O) groups is 2. The minimum absolute atomic E-state index is 0.0752. The summed E-state index contributed by atoms with van der Waals surface area (Å²) in [5.41, 5.74) is 3.15. The van der Waals surface area contributed by atoms with Crippen LogP contribution in [-0.2, 0) is 9.59 Å². The van der Waals surface area contributed by atoms with Gasteiger partial charge in [0.15, 0.2) is 6.61 Å². The number of nitrogens with one attached hydrogen (secondary N) is 1. The van der Waals surface area contributed by atoms with Gasteiger partial charge < -0.3 is 15.0 Å². The van der Waals surface area contributed by atoms with E-state index in [4.69, 9.17) is 10.00 Å². The van der Waals surface area contributed by atoms with Crippen molar-refractivity contribution in [2.45, 2.75) is 13.8 Å². The van der Waals surface area contributed by atoms with E-state index >= 15 is 0 Å². The van der Waals surface area contributed by atoms with E-state index in [2.05, 4.69) is 5.32 Å². The zero-order chi connectivity index (χ0) is 19.1. The molecule has 0 saturated heterocycles. The van der Waals surface area contributed by atoms with Crippen LogP contribution in [-0.4, -0.2) is 36.9 Å². The van der Waals surface area contributed by atoms with Gasteiger partial charge in [0, 0.05) is 12.7 Å². The number of benzene rings is 2. The zero-order valence-corrected chi connectivity index (χ0v) is 15.1. The first-order valence-corrected chi connectivity index (χ1v) is 8.13. The van der Waals surface area contributed by atoms with E-state index < -0.39 is 0 Å². The molecule has 0 aliphatic carbocycles. The van der Waals surface area contributed by atoms with Gasteiger partial charge in [0.25, 0.3) is 5.91 Å². The van der Waals surface area contributed by atoms with Gasteiger partial charge >= 0.3 is 0 Å². The molecule has 134 valence electrons. The van der Waals surface area contributed by atoms with Crippen LogP contribution in [0.4, 0.5) is 5.69 Å². The molecule has 0 unspecified atom stereocenters. The Kier molecular flexibility index (Phi) is 6.34. The van der Waals surface area contributed by atoms with Crippen molar-refractivity contribution in [2.24, 2.45) is 0 Å². The average Bonchev–Trinajstić information content (AvgIpc) is 2.63. The molecule has 6 nitrogen and oxygen atoms in total. The molecule has 0 atom stereocenters. The molecule has 2 aromatic carbocycles. The van der Waals surface area contributed by atoms with Crippen molar-refractivity contribution in [2.75, 3.05) is 25.5 Å². The van der Waals surface area contributed by atoms with Gasteiger partial charge in [-0.3, -0.25) is 9.59 Å². The number of ether oxygens (including phenoxy) is 1. The second-order valence-electron chi connectivity index (χ2n) is 5.99. The van der Waals surface area contributed by atoms with Gasteiger partial charge in [0.05, 0.1) is 18.2 Å². The van der Waals surface area contributed by atoms with Crippen LogP contribution in [0, 0.1) is 25.2 Å². The minimum Gasteiger partial charge on any atom is -0.484 e. The van der Waals surface area contributed by atoms with Crippen LogP contribution in [0.5, 0.6) is 5.75 Å². The van der Waals surface area contributed by atoms with E-state index in [0.29, 0.717) is 11.3 Å². The first-order valence-electron chi connectivity index (χ1n) is 8.13. The number of nitrogens with zero attached hydrogens (tertiary/aromatic N) is 2. The Morgan fingerprint density at radius 3 is 2.46 bits per heavy atom. The molecule has 1 N–H and O–H groups in total. The molecule has 0 bridgehead atoms. The third-order valence-electron chi connectivity index (χ3n) is 3.88. The van der Waals surface area contributed by atoms with Crippen molar-refractivity contribution in [3.8, 4) is 11.8 Å². The van der Waals surface area contributed by atoms with E-state index in [1.165, 1.54) is 4.90 Å². The SMILES string of the molecule is Cc1cccc(C)c1NC(=O)CN(C)C(=O)COc1cccc(C#N)c1. The third kappa shape index (κ3) is 5.08. The standard InChI is InChI=1S/C20H21N3O3/c1-14-6-4-7-15(2)20(14)22-18(24)12-23(3)19(25)13-26-17-9-5-8-16(10-17)11-21/h4-10H,12-13H2,1-3H3,(H,22,24). The fourth-order valence-corrected chi connectivity index (χ4v) is 2.40. The summed E-state index contributed by atoms with van der Waals surface area (Å²) in [5, 5.41) is 11.7. The monoisotopic (exact) mass is 351 g/mol. The molecule has 0 radical (unpaired) electrons. The molecule has 2 aromatic rings. The second kappa shape index (κ2) is 8.67. The summed E-state index contributed by atoms with van der Waals surface area (Å²) >= 11 is 0. The van der Waals surface area contributed by atoms with E-state index in [0.717, 1.165) is 16.8 Å². The number of rotatable bonds is 6. The average molecular weight is 351 g/mol. The van der Waals surface area contributed by atoms with Gasteiger partial charge in [-0.15, -0.1) is 0 Å². The maximum absolute atomic E-state index is 12.2. The Hall–Kier alpha value is -3.33. The number of anilines is 1. The zero-order valence-electron chi connectivity index (χ0n) is 15.1. The number of carbonyl (C=O) groups excluding carboxylic acids is 2. The Bertz CT molecular complexity index is 835. The highest BCUT2D eigenvalue weighted by atomic mass is 16.5. The Morgan fingerprint density at radius 2 is 1.81 bits per heavy atom. The maximum atomic E-state index is 12.2. The molecular formula is C20H21N3O3. The smallest absolute Gasteiger partial charge is 0.260 e. The van der Waals surface area contributed by atoms with Crippen molar-refractivity contribution < 1.29 is 14.3 Å². The van der Waals surface area contributed by atoms with Gasteiger partial charge in [-0.25, -0.2) is 0 Å². The van der Waals surface area contributed by atoms with E-state index in [-0.39, 0.29) is 25.0 Å².